The van der Waals surface area contributed by atoms with Crippen LogP contribution in [0.25, 0.3) is 11.8 Å². The molecule has 1 fully saturated rings. The van der Waals surface area contributed by atoms with Crippen molar-refractivity contribution in [1.29, 1.82) is 0 Å². The summed E-state index contributed by atoms with van der Waals surface area (Å²) in [5.74, 6) is -0.207. The standard InChI is InChI=1S/C16H14ClN3OS/c1-9-7-11(8-14-15(21)19-16(22)18-14)10(2)20(9)13-5-3-12(17)4-6-13/h3-8H,1-2H3,(H2,18,19,21,22)/b14-8-. The molecule has 3 rings (SSSR count). The summed E-state index contributed by atoms with van der Waals surface area (Å²) >= 11 is 10.9. The highest BCUT2D eigenvalue weighted by Crippen LogP contribution is 2.24. The van der Waals surface area contributed by atoms with Crippen molar-refractivity contribution in [3.63, 3.8) is 0 Å². The average Bonchev–Trinajstić information content (AvgIpc) is 2.92. The third kappa shape index (κ3) is 2.65. The van der Waals surface area contributed by atoms with Crippen molar-refractivity contribution in [2.75, 3.05) is 0 Å². The second-order valence-corrected chi connectivity index (χ2v) is 5.95. The van der Waals surface area contributed by atoms with Crippen LogP contribution in [0.4, 0.5) is 0 Å². The van der Waals surface area contributed by atoms with Crippen LogP contribution in [0, 0.1) is 13.8 Å². The molecule has 1 aromatic heterocycles. The van der Waals surface area contributed by atoms with Gasteiger partial charge in [-0.1, -0.05) is 11.6 Å². The third-order valence-corrected chi connectivity index (χ3v) is 4.03. The molecule has 2 heterocycles. The Morgan fingerprint density at radius 3 is 2.45 bits per heavy atom. The highest BCUT2D eigenvalue weighted by atomic mass is 35.5. The first-order valence-corrected chi connectivity index (χ1v) is 7.53. The van der Waals surface area contributed by atoms with E-state index in [1.807, 2.05) is 50.3 Å². The Labute approximate surface area is 138 Å². The van der Waals surface area contributed by atoms with E-state index in [-0.39, 0.29) is 5.91 Å². The first-order valence-electron chi connectivity index (χ1n) is 6.74. The van der Waals surface area contributed by atoms with Crippen molar-refractivity contribution in [3.05, 3.63) is 58.0 Å². The van der Waals surface area contributed by atoms with Gasteiger partial charge in [0.2, 0.25) is 0 Å². The average molecular weight is 332 g/mol. The molecule has 0 spiro atoms. The van der Waals surface area contributed by atoms with Gasteiger partial charge in [-0.2, -0.15) is 0 Å². The topological polar surface area (TPSA) is 46.1 Å². The number of amides is 1. The smallest absolute Gasteiger partial charge is 0.273 e. The molecule has 0 radical (unpaired) electrons. The van der Waals surface area contributed by atoms with Crippen LogP contribution in [-0.4, -0.2) is 15.6 Å². The Balaban J connectivity index is 2.04. The summed E-state index contributed by atoms with van der Waals surface area (Å²) in [5.41, 5.74) is 4.58. The minimum absolute atomic E-state index is 0.207. The number of carbonyl (C=O) groups is 1. The van der Waals surface area contributed by atoms with E-state index in [0.717, 1.165) is 22.6 Å². The van der Waals surface area contributed by atoms with Crippen LogP contribution in [0.5, 0.6) is 0 Å². The molecule has 1 aliphatic heterocycles. The van der Waals surface area contributed by atoms with E-state index in [1.54, 1.807) is 0 Å². The molecule has 6 heteroatoms. The molecule has 112 valence electrons. The summed E-state index contributed by atoms with van der Waals surface area (Å²) in [6.45, 7) is 4.04. The van der Waals surface area contributed by atoms with Crippen molar-refractivity contribution >= 4 is 40.9 Å². The van der Waals surface area contributed by atoms with Crippen LogP contribution in [0.1, 0.15) is 17.0 Å². The first-order chi connectivity index (χ1) is 10.5. The van der Waals surface area contributed by atoms with Gasteiger partial charge in [-0.15, -0.1) is 0 Å². The van der Waals surface area contributed by atoms with Gasteiger partial charge in [0.1, 0.15) is 5.70 Å². The molecule has 2 aromatic rings. The van der Waals surface area contributed by atoms with Crippen molar-refractivity contribution < 1.29 is 4.79 Å². The number of hydrogen-bond donors (Lipinski definition) is 2. The summed E-state index contributed by atoms with van der Waals surface area (Å²) in [4.78, 5) is 11.7. The largest absolute Gasteiger partial charge is 0.328 e. The summed E-state index contributed by atoms with van der Waals surface area (Å²) in [7, 11) is 0. The molecule has 1 saturated heterocycles. The second-order valence-electron chi connectivity index (χ2n) is 5.10. The minimum atomic E-state index is -0.207. The number of rotatable bonds is 2. The van der Waals surface area contributed by atoms with Crippen molar-refractivity contribution in [1.82, 2.24) is 15.2 Å². The molecular formula is C16H14ClN3OS. The number of carbonyl (C=O) groups excluding carboxylic acids is 1. The number of benzene rings is 1. The molecule has 1 aromatic carbocycles. The minimum Gasteiger partial charge on any atom is -0.328 e. The summed E-state index contributed by atoms with van der Waals surface area (Å²) in [6.07, 6.45) is 1.81. The lowest BCUT2D eigenvalue weighted by Gasteiger charge is -2.09. The Kier molecular flexibility index (Phi) is 3.76. The summed E-state index contributed by atoms with van der Waals surface area (Å²) in [5, 5.41) is 6.46. The number of aromatic nitrogens is 1. The zero-order valence-corrected chi connectivity index (χ0v) is 13.7. The lowest BCUT2D eigenvalue weighted by molar-refractivity contribution is -0.115. The van der Waals surface area contributed by atoms with Gasteiger partial charge in [0.25, 0.3) is 5.91 Å². The maximum Gasteiger partial charge on any atom is 0.273 e. The fourth-order valence-corrected chi connectivity index (χ4v) is 2.89. The number of thiocarbonyl (C=S) groups is 1. The molecule has 1 aliphatic rings. The van der Waals surface area contributed by atoms with E-state index in [1.165, 1.54) is 0 Å². The maximum absolute atomic E-state index is 11.7. The molecule has 0 unspecified atom stereocenters. The van der Waals surface area contributed by atoms with E-state index in [2.05, 4.69) is 15.2 Å². The van der Waals surface area contributed by atoms with Gasteiger partial charge >= 0.3 is 0 Å². The Morgan fingerprint density at radius 1 is 1.18 bits per heavy atom. The van der Waals surface area contributed by atoms with Gasteiger partial charge in [0.05, 0.1) is 0 Å². The summed E-state index contributed by atoms with van der Waals surface area (Å²) in [6, 6.07) is 9.69. The molecule has 1 amide bonds. The van der Waals surface area contributed by atoms with Crippen LogP contribution in [0.2, 0.25) is 5.02 Å². The molecule has 0 saturated carbocycles. The highest BCUT2D eigenvalue weighted by Gasteiger charge is 2.21. The van der Waals surface area contributed by atoms with Crippen LogP contribution >= 0.6 is 23.8 Å². The molecule has 0 atom stereocenters. The summed E-state index contributed by atoms with van der Waals surface area (Å²) < 4.78 is 2.12. The normalized spacial score (nSPS) is 16.0. The molecule has 0 bridgehead atoms. The Morgan fingerprint density at radius 2 is 1.86 bits per heavy atom. The highest BCUT2D eigenvalue weighted by molar-refractivity contribution is 7.80. The number of nitrogens with zero attached hydrogens (tertiary/aromatic N) is 1. The predicted molar refractivity (Wildman–Crippen MR) is 92.1 cm³/mol. The predicted octanol–water partition coefficient (Wildman–Crippen LogP) is 3.09. The molecule has 22 heavy (non-hydrogen) atoms. The fraction of sp³-hybridized carbons (Fsp3) is 0.125. The van der Waals surface area contributed by atoms with Crippen molar-refractivity contribution in [2.24, 2.45) is 0 Å². The van der Waals surface area contributed by atoms with Crippen molar-refractivity contribution in [3.8, 4) is 5.69 Å². The SMILES string of the molecule is Cc1cc(/C=C2\NC(=S)NC2=O)c(C)n1-c1ccc(Cl)cc1. The van der Waals surface area contributed by atoms with Gasteiger partial charge in [0.15, 0.2) is 5.11 Å². The Hall–Kier alpha value is -2.11. The van der Waals surface area contributed by atoms with Gasteiger partial charge in [0, 0.05) is 22.1 Å². The van der Waals surface area contributed by atoms with E-state index in [9.17, 15) is 4.79 Å². The van der Waals surface area contributed by atoms with Gasteiger partial charge in [-0.05, 0) is 68.0 Å². The second kappa shape index (κ2) is 5.59. The fourth-order valence-electron chi connectivity index (χ4n) is 2.56. The van der Waals surface area contributed by atoms with Crippen LogP contribution in [-0.2, 0) is 4.79 Å². The lowest BCUT2D eigenvalue weighted by Crippen LogP contribution is -2.21. The number of hydrogen-bond acceptors (Lipinski definition) is 2. The maximum atomic E-state index is 11.7. The molecular weight excluding hydrogens is 318 g/mol. The van der Waals surface area contributed by atoms with Gasteiger partial charge in [-0.25, -0.2) is 0 Å². The number of aryl methyl sites for hydroxylation is 1. The van der Waals surface area contributed by atoms with Gasteiger partial charge in [-0.3, -0.25) is 10.1 Å². The zero-order valence-electron chi connectivity index (χ0n) is 12.1. The number of nitrogens with one attached hydrogen (secondary N) is 2. The van der Waals surface area contributed by atoms with E-state index in [4.69, 9.17) is 23.8 Å². The Bertz CT molecular complexity index is 806. The quantitative estimate of drug-likeness (QED) is 0.656. The molecule has 0 aliphatic carbocycles. The number of halogens is 1. The van der Waals surface area contributed by atoms with Crippen LogP contribution in [0.3, 0.4) is 0 Å². The lowest BCUT2D eigenvalue weighted by atomic mass is 10.2. The van der Waals surface area contributed by atoms with E-state index < -0.39 is 0 Å². The van der Waals surface area contributed by atoms with Gasteiger partial charge < -0.3 is 9.88 Å². The van der Waals surface area contributed by atoms with E-state index in [0.29, 0.717) is 15.8 Å². The zero-order chi connectivity index (χ0) is 15.9. The molecule has 4 nitrogen and oxygen atoms in total. The third-order valence-electron chi connectivity index (χ3n) is 3.57. The van der Waals surface area contributed by atoms with Crippen LogP contribution < -0.4 is 10.6 Å². The first kappa shape index (κ1) is 14.8. The monoisotopic (exact) mass is 331 g/mol. The van der Waals surface area contributed by atoms with Crippen molar-refractivity contribution in [2.45, 2.75) is 13.8 Å². The molecule has 2 N–H and O–H groups in total. The van der Waals surface area contributed by atoms with Crippen LogP contribution in [0.15, 0.2) is 36.0 Å². The van der Waals surface area contributed by atoms with E-state index >= 15 is 0 Å².